The maximum atomic E-state index is 13.1. The number of likely N-dealkylation sites (tertiary alicyclic amines) is 1. The SMILES string of the molecule is CCCCC[C@H](c1ccc(C(F)(F)F)cc1)N1CC[C@@H](CC(=O)O)C[C@H]1c1ccc(C(F)(F)F)cc1. The molecule has 0 saturated carbocycles. The van der Waals surface area contributed by atoms with Crippen LogP contribution >= 0.6 is 0 Å². The van der Waals surface area contributed by atoms with Crippen molar-refractivity contribution in [1.29, 1.82) is 0 Å². The van der Waals surface area contributed by atoms with Crippen LogP contribution in [0.4, 0.5) is 26.3 Å². The van der Waals surface area contributed by atoms with E-state index in [1.165, 1.54) is 24.3 Å². The molecule has 0 aromatic heterocycles. The Morgan fingerprint density at radius 3 is 2.00 bits per heavy atom. The minimum Gasteiger partial charge on any atom is -0.481 e. The monoisotopic (exact) mass is 515 g/mol. The summed E-state index contributed by atoms with van der Waals surface area (Å²) in [4.78, 5) is 13.5. The average Bonchev–Trinajstić information content (AvgIpc) is 2.81. The first-order valence-corrected chi connectivity index (χ1v) is 12.2. The lowest BCUT2D eigenvalue weighted by atomic mass is 9.82. The van der Waals surface area contributed by atoms with Crippen LogP contribution in [0.25, 0.3) is 0 Å². The van der Waals surface area contributed by atoms with Crippen LogP contribution in [0.3, 0.4) is 0 Å². The van der Waals surface area contributed by atoms with E-state index in [9.17, 15) is 36.2 Å². The molecular weight excluding hydrogens is 484 g/mol. The van der Waals surface area contributed by atoms with E-state index in [0.717, 1.165) is 43.5 Å². The van der Waals surface area contributed by atoms with E-state index in [4.69, 9.17) is 0 Å². The van der Waals surface area contributed by atoms with Gasteiger partial charge in [0.2, 0.25) is 0 Å². The number of nitrogens with zero attached hydrogens (tertiary/aromatic N) is 1. The first kappa shape index (κ1) is 28.0. The lowest BCUT2D eigenvalue weighted by Crippen LogP contribution is -2.40. The Morgan fingerprint density at radius 1 is 0.944 bits per heavy atom. The summed E-state index contributed by atoms with van der Waals surface area (Å²) in [5.41, 5.74) is -0.144. The maximum Gasteiger partial charge on any atom is 0.416 e. The molecule has 36 heavy (non-hydrogen) atoms. The van der Waals surface area contributed by atoms with Gasteiger partial charge in [-0.25, -0.2) is 0 Å². The minimum absolute atomic E-state index is 0.0360. The molecule has 198 valence electrons. The molecule has 1 fully saturated rings. The Morgan fingerprint density at radius 2 is 1.50 bits per heavy atom. The fourth-order valence-electron chi connectivity index (χ4n) is 5.09. The zero-order valence-corrected chi connectivity index (χ0v) is 20.1. The van der Waals surface area contributed by atoms with E-state index in [1.54, 1.807) is 0 Å². The Hall–Kier alpha value is -2.55. The molecule has 2 aromatic rings. The predicted octanol–water partition coefficient (Wildman–Crippen LogP) is 8.27. The number of aliphatic carboxylic acids is 1. The first-order valence-electron chi connectivity index (χ1n) is 12.2. The molecule has 0 spiro atoms. The van der Waals surface area contributed by atoms with Gasteiger partial charge >= 0.3 is 18.3 Å². The summed E-state index contributed by atoms with van der Waals surface area (Å²) >= 11 is 0. The molecule has 3 rings (SSSR count). The molecule has 1 saturated heterocycles. The van der Waals surface area contributed by atoms with Crippen molar-refractivity contribution in [3.8, 4) is 0 Å². The van der Waals surface area contributed by atoms with Crippen molar-refractivity contribution in [3.63, 3.8) is 0 Å². The highest BCUT2D eigenvalue weighted by molar-refractivity contribution is 5.67. The molecule has 0 unspecified atom stereocenters. The van der Waals surface area contributed by atoms with Crippen molar-refractivity contribution in [2.75, 3.05) is 6.54 Å². The lowest BCUT2D eigenvalue weighted by molar-refractivity contribution is -0.139. The normalized spacial score (nSPS) is 20.3. The van der Waals surface area contributed by atoms with Crippen LogP contribution in [0.2, 0.25) is 0 Å². The second-order valence-electron chi connectivity index (χ2n) is 9.49. The van der Waals surface area contributed by atoms with Crippen molar-refractivity contribution >= 4 is 5.97 Å². The van der Waals surface area contributed by atoms with Crippen molar-refractivity contribution in [2.24, 2.45) is 5.92 Å². The number of alkyl halides is 6. The molecular formula is C27H31F6NO2. The summed E-state index contributed by atoms with van der Waals surface area (Å²) in [6.07, 6.45) is -4.49. The number of carboxylic acid groups (broad SMARTS) is 1. The highest BCUT2D eigenvalue weighted by Crippen LogP contribution is 2.43. The molecule has 0 aliphatic carbocycles. The standard InChI is InChI=1S/C27H31F6NO2/c1-2-3-4-5-23(19-6-10-21(11-7-19)26(28,29)30)34-15-14-18(17-25(35)36)16-24(34)20-8-12-22(13-9-20)27(31,32)33/h6-13,18,23-24H,2-5,14-17H2,1H3,(H,35,36)/t18-,23-,24+/m1/s1. The van der Waals surface area contributed by atoms with Gasteiger partial charge < -0.3 is 5.11 Å². The third-order valence-electron chi connectivity index (χ3n) is 6.94. The van der Waals surface area contributed by atoms with Gasteiger partial charge in [0.25, 0.3) is 0 Å². The summed E-state index contributed by atoms with van der Waals surface area (Å²) in [5.74, 6) is -1.07. The number of carbonyl (C=O) groups is 1. The van der Waals surface area contributed by atoms with Crippen LogP contribution in [0.15, 0.2) is 48.5 Å². The minimum atomic E-state index is -4.47. The van der Waals surface area contributed by atoms with E-state index < -0.39 is 29.4 Å². The van der Waals surface area contributed by atoms with E-state index in [0.29, 0.717) is 36.9 Å². The molecule has 0 bridgehead atoms. The number of hydrogen-bond acceptors (Lipinski definition) is 2. The second kappa shape index (κ2) is 11.7. The molecule has 0 radical (unpaired) electrons. The third-order valence-corrected chi connectivity index (χ3v) is 6.94. The van der Waals surface area contributed by atoms with Crippen LogP contribution in [0.1, 0.15) is 86.2 Å². The molecule has 1 N–H and O–H groups in total. The van der Waals surface area contributed by atoms with Crippen molar-refractivity contribution < 1.29 is 36.2 Å². The number of carboxylic acids is 1. The van der Waals surface area contributed by atoms with Crippen molar-refractivity contribution in [2.45, 2.75) is 76.3 Å². The number of benzene rings is 2. The van der Waals surface area contributed by atoms with E-state index in [1.807, 2.05) is 0 Å². The molecule has 3 nitrogen and oxygen atoms in total. The van der Waals surface area contributed by atoms with Gasteiger partial charge in [0.05, 0.1) is 11.1 Å². The van der Waals surface area contributed by atoms with Crippen LogP contribution in [-0.2, 0) is 17.1 Å². The fourth-order valence-corrected chi connectivity index (χ4v) is 5.09. The van der Waals surface area contributed by atoms with Gasteiger partial charge in [0.1, 0.15) is 0 Å². The maximum absolute atomic E-state index is 13.1. The number of unbranched alkanes of at least 4 members (excludes halogenated alkanes) is 2. The van der Waals surface area contributed by atoms with E-state index in [-0.39, 0.29) is 24.4 Å². The predicted molar refractivity (Wildman–Crippen MR) is 124 cm³/mol. The van der Waals surface area contributed by atoms with Gasteiger partial charge in [-0.15, -0.1) is 0 Å². The summed E-state index contributed by atoms with van der Waals surface area (Å²) in [7, 11) is 0. The summed E-state index contributed by atoms with van der Waals surface area (Å²) in [6, 6.07) is 9.41. The Bertz CT molecular complexity index is 985. The Kier molecular flexibility index (Phi) is 9.08. The zero-order valence-electron chi connectivity index (χ0n) is 20.1. The van der Waals surface area contributed by atoms with Gasteiger partial charge in [-0.2, -0.15) is 26.3 Å². The molecule has 2 aromatic carbocycles. The summed E-state index contributed by atoms with van der Waals surface area (Å²) in [5, 5.41) is 9.31. The highest BCUT2D eigenvalue weighted by Gasteiger charge is 2.37. The van der Waals surface area contributed by atoms with Gasteiger partial charge in [0, 0.05) is 18.5 Å². The molecule has 0 amide bonds. The topological polar surface area (TPSA) is 40.5 Å². The van der Waals surface area contributed by atoms with E-state index >= 15 is 0 Å². The number of hydrogen-bond donors (Lipinski definition) is 1. The molecule has 9 heteroatoms. The third kappa shape index (κ3) is 7.24. The average molecular weight is 516 g/mol. The van der Waals surface area contributed by atoms with Crippen molar-refractivity contribution in [1.82, 2.24) is 4.90 Å². The van der Waals surface area contributed by atoms with Gasteiger partial charge in [0.15, 0.2) is 0 Å². The zero-order chi connectivity index (χ0) is 26.5. The first-order chi connectivity index (χ1) is 16.9. The smallest absolute Gasteiger partial charge is 0.416 e. The van der Waals surface area contributed by atoms with E-state index in [2.05, 4.69) is 11.8 Å². The fraction of sp³-hybridized carbons (Fsp3) is 0.519. The van der Waals surface area contributed by atoms with Crippen LogP contribution in [0, 0.1) is 5.92 Å². The van der Waals surface area contributed by atoms with Gasteiger partial charge in [-0.3, -0.25) is 9.69 Å². The number of piperidine rings is 1. The molecule has 3 atom stereocenters. The van der Waals surface area contributed by atoms with Crippen molar-refractivity contribution in [3.05, 3.63) is 70.8 Å². The molecule has 1 aliphatic heterocycles. The second-order valence-corrected chi connectivity index (χ2v) is 9.49. The van der Waals surface area contributed by atoms with Crippen LogP contribution < -0.4 is 0 Å². The van der Waals surface area contributed by atoms with Crippen LogP contribution in [0.5, 0.6) is 0 Å². The lowest BCUT2D eigenvalue weighted by Gasteiger charge is -2.44. The largest absolute Gasteiger partial charge is 0.481 e. The Balaban J connectivity index is 1.97. The summed E-state index contributed by atoms with van der Waals surface area (Å²) in [6.45, 7) is 2.55. The van der Waals surface area contributed by atoms with Gasteiger partial charge in [-0.05, 0) is 67.1 Å². The van der Waals surface area contributed by atoms with Crippen LogP contribution in [-0.4, -0.2) is 22.5 Å². The summed E-state index contributed by atoms with van der Waals surface area (Å²) < 4.78 is 78.8. The quantitative estimate of drug-likeness (QED) is 0.270. The number of rotatable bonds is 9. The van der Waals surface area contributed by atoms with Gasteiger partial charge in [-0.1, -0.05) is 50.5 Å². The molecule has 1 heterocycles. The number of halogens is 6. The highest BCUT2D eigenvalue weighted by atomic mass is 19.4. The molecule has 1 aliphatic rings. The Labute approximate surface area is 207 Å².